The van der Waals surface area contributed by atoms with Crippen LogP contribution in [0.4, 0.5) is 0 Å². The Bertz CT molecular complexity index is 340. The Morgan fingerprint density at radius 2 is 2.12 bits per heavy atom. The molecule has 5 heteroatoms. The van der Waals surface area contributed by atoms with Gasteiger partial charge in [0.15, 0.2) is 0 Å². The van der Waals surface area contributed by atoms with Gasteiger partial charge in [-0.1, -0.05) is 19.8 Å². The number of nitrogens with zero attached hydrogens (tertiary/aromatic N) is 1. The number of pyridine rings is 1. The van der Waals surface area contributed by atoms with E-state index in [-0.39, 0.29) is 35.6 Å². The second-order valence-electron chi connectivity index (χ2n) is 2.92. The first kappa shape index (κ1) is 18.0. The van der Waals surface area contributed by atoms with Crippen LogP contribution in [0, 0.1) is 0 Å². The first-order valence-corrected chi connectivity index (χ1v) is 4.73. The van der Waals surface area contributed by atoms with E-state index in [0.29, 0.717) is 0 Å². The summed E-state index contributed by atoms with van der Waals surface area (Å²) in [4.78, 5) is 23.6. The minimum absolute atomic E-state index is 0. The van der Waals surface area contributed by atoms with Gasteiger partial charge in [0.25, 0.3) is 0 Å². The van der Waals surface area contributed by atoms with Gasteiger partial charge in [0.1, 0.15) is 0 Å². The summed E-state index contributed by atoms with van der Waals surface area (Å²) in [7, 11) is 0. The molecule has 0 amide bonds. The molecule has 1 aromatic heterocycles. The van der Waals surface area contributed by atoms with Crippen molar-refractivity contribution >= 4 is 12.6 Å². The SMILES string of the molecule is C=C(O)CCC.O=[C-]c1cccnc1[C-]=O.[V+2]. The fourth-order valence-corrected chi connectivity index (χ4v) is 0.858. The molecule has 0 aliphatic carbocycles. The van der Waals surface area contributed by atoms with Gasteiger partial charge < -0.3 is 19.7 Å². The summed E-state index contributed by atoms with van der Waals surface area (Å²) in [6, 6.07) is 3.02. The molecule has 0 saturated heterocycles. The van der Waals surface area contributed by atoms with Gasteiger partial charge >= 0.3 is 18.6 Å². The van der Waals surface area contributed by atoms with E-state index in [1.165, 1.54) is 18.5 Å². The zero-order chi connectivity index (χ0) is 12.4. The molecule has 1 heterocycles. The smallest absolute Gasteiger partial charge is 0.513 e. The summed E-state index contributed by atoms with van der Waals surface area (Å²) in [6.45, 7) is 5.30. The van der Waals surface area contributed by atoms with Gasteiger partial charge in [-0.15, -0.1) is 6.07 Å². The first-order valence-electron chi connectivity index (χ1n) is 4.73. The monoisotopic (exact) mass is 270 g/mol. The predicted molar refractivity (Wildman–Crippen MR) is 60.5 cm³/mol. The number of rotatable bonds is 4. The van der Waals surface area contributed by atoms with Crippen LogP contribution in [0.2, 0.25) is 0 Å². The average Bonchev–Trinajstić information content (AvgIpc) is 2.29. The van der Waals surface area contributed by atoms with Gasteiger partial charge in [0.2, 0.25) is 0 Å². The second-order valence-corrected chi connectivity index (χ2v) is 2.92. The van der Waals surface area contributed by atoms with Crippen molar-refractivity contribution in [2.45, 2.75) is 19.8 Å². The van der Waals surface area contributed by atoms with Gasteiger partial charge in [0.05, 0.1) is 5.76 Å². The topological polar surface area (TPSA) is 67.3 Å². The van der Waals surface area contributed by atoms with Gasteiger partial charge in [-0.25, -0.2) is 6.07 Å². The maximum absolute atomic E-state index is 10.0. The summed E-state index contributed by atoms with van der Waals surface area (Å²) in [5, 5.41) is 8.36. The Labute approximate surface area is 113 Å². The molecule has 0 saturated carbocycles. The predicted octanol–water partition coefficient (Wildman–Crippen LogP) is 1.85. The number of carbonyl (C=O) groups excluding carboxylic acids is 2. The molecular formula is C12H13NO3V. The molecule has 1 rings (SSSR count). The summed E-state index contributed by atoms with van der Waals surface area (Å²) < 4.78 is 0. The molecule has 0 aromatic carbocycles. The molecule has 0 spiro atoms. The molecule has 0 atom stereocenters. The van der Waals surface area contributed by atoms with Gasteiger partial charge in [-0.3, -0.25) is 5.56 Å². The molecule has 17 heavy (non-hydrogen) atoms. The molecule has 4 nitrogen and oxygen atoms in total. The molecule has 0 unspecified atom stereocenters. The van der Waals surface area contributed by atoms with Crippen molar-refractivity contribution in [2.75, 3.05) is 0 Å². The number of aliphatic hydroxyl groups is 1. The second kappa shape index (κ2) is 11.1. The fraction of sp³-hybridized carbons (Fsp3) is 0.250. The van der Waals surface area contributed by atoms with E-state index < -0.39 is 0 Å². The van der Waals surface area contributed by atoms with Crippen molar-refractivity contribution in [1.82, 2.24) is 4.98 Å². The summed E-state index contributed by atoms with van der Waals surface area (Å²) >= 11 is 0. The summed E-state index contributed by atoms with van der Waals surface area (Å²) in [5.74, 6) is 0.289. The number of hydrogen-bond acceptors (Lipinski definition) is 4. The van der Waals surface area contributed by atoms with Gasteiger partial charge in [-0.05, 0) is 18.9 Å². The van der Waals surface area contributed by atoms with Crippen molar-refractivity contribution in [2.24, 2.45) is 0 Å². The third-order valence-electron chi connectivity index (χ3n) is 1.55. The van der Waals surface area contributed by atoms with Gasteiger partial charge in [0, 0.05) is 6.42 Å². The molecule has 0 aliphatic heterocycles. The van der Waals surface area contributed by atoms with Crippen LogP contribution < -0.4 is 0 Å². The quantitative estimate of drug-likeness (QED) is 0.669. The minimum Gasteiger partial charge on any atom is -0.513 e. The molecule has 1 aromatic rings. The largest absolute Gasteiger partial charge is 2.00 e. The van der Waals surface area contributed by atoms with Crippen LogP contribution in [0.1, 0.15) is 31.0 Å². The normalized spacial score (nSPS) is 8.06. The van der Waals surface area contributed by atoms with E-state index in [1.807, 2.05) is 6.92 Å². The van der Waals surface area contributed by atoms with Crippen molar-refractivity contribution < 1.29 is 33.3 Å². The maximum Gasteiger partial charge on any atom is 2.00 e. The minimum atomic E-state index is 0. The third kappa shape index (κ3) is 8.42. The maximum atomic E-state index is 10.0. The van der Waals surface area contributed by atoms with Crippen molar-refractivity contribution in [1.29, 1.82) is 0 Å². The van der Waals surface area contributed by atoms with Gasteiger partial charge in [-0.2, -0.15) is 5.69 Å². The summed E-state index contributed by atoms with van der Waals surface area (Å²) in [5.41, 5.74) is 0.162. The van der Waals surface area contributed by atoms with Crippen LogP contribution in [0.5, 0.6) is 0 Å². The van der Waals surface area contributed by atoms with E-state index in [1.54, 1.807) is 12.4 Å². The molecule has 0 aliphatic rings. The molecule has 0 bridgehead atoms. The van der Waals surface area contributed by atoms with Crippen LogP contribution in [-0.4, -0.2) is 22.7 Å². The van der Waals surface area contributed by atoms with Crippen molar-refractivity contribution in [3.63, 3.8) is 0 Å². The Balaban J connectivity index is 0. The van der Waals surface area contributed by atoms with Crippen molar-refractivity contribution in [3.05, 3.63) is 41.9 Å². The first-order chi connectivity index (χ1) is 7.65. The molecule has 89 valence electrons. The Hall–Kier alpha value is -1.39. The molecular weight excluding hydrogens is 257 g/mol. The van der Waals surface area contributed by atoms with Crippen LogP contribution in [0.25, 0.3) is 0 Å². The number of allylic oxidation sites excluding steroid dienone is 1. The van der Waals surface area contributed by atoms with E-state index in [0.717, 1.165) is 12.8 Å². The van der Waals surface area contributed by atoms with Crippen LogP contribution >= 0.6 is 0 Å². The van der Waals surface area contributed by atoms with Crippen LogP contribution in [-0.2, 0) is 28.1 Å². The standard InChI is InChI=1S/C7H3NO2.C5H10O.V/c9-4-6-2-1-3-8-7(6)5-10;1-3-4-5(2)6;/h1-3H;6H,2-4H2,1H3;/q-2;;+2. The Kier molecular flexibility index (Phi) is 11.8. The Morgan fingerprint density at radius 1 is 1.47 bits per heavy atom. The van der Waals surface area contributed by atoms with E-state index in [9.17, 15) is 9.59 Å². The average molecular weight is 270 g/mol. The Morgan fingerprint density at radius 3 is 2.41 bits per heavy atom. The number of hydrogen-bond donors (Lipinski definition) is 1. The van der Waals surface area contributed by atoms with Crippen LogP contribution in [0.15, 0.2) is 30.7 Å². The molecule has 1 radical (unpaired) electrons. The molecule has 0 fully saturated rings. The third-order valence-corrected chi connectivity index (χ3v) is 1.55. The van der Waals surface area contributed by atoms with E-state index >= 15 is 0 Å². The zero-order valence-electron chi connectivity index (χ0n) is 9.51. The fourth-order valence-electron chi connectivity index (χ4n) is 0.858. The van der Waals surface area contributed by atoms with E-state index in [4.69, 9.17) is 5.11 Å². The van der Waals surface area contributed by atoms with Crippen molar-refractivity contribution in [3.8, 4) is 0 Å². The van der Waals surface area contributed by atoms with Crippen LogP contribution in [0.3, 0.4) is 0 Å². The zero-order valence-corrected chi connectivity index (χ0v) is 10.9. The summed E-state index contributed by atoms with van der Waals surface area (Å²) in [6.07, 6.45) is 6.23. The molecule has 1 N–H and O–H groups in total. The van der Waals surface area contributed by atoms with E-state index in [2.05, 4.69) is 11.6 Å². The number of aliphatic hydroxyl groups excluding tert-OH is 1. The number of aromatic nitrogens is 1.